The Morgan fingerprint density at radius 2 is 1.96 bits per heavy atom. The van der Waals surface area contributed by atoms with Gasteiger partial charge in [0, 0.05) is 5.75 Å². The van der Waals surface area contributed by atoms with Crippen molar-refractivity contribution >= 4 is 34.1 Å². The standard InChI is InChI=1S/C19H19N3O3S2/c1-13-6-5-7-14(10-13)12-26-19-22-21-18(27-19)20-17(23)11-25-16-9-4-3-8-15(16)24-2/h3-10H,11-12H2,1-2H3,(H,20,21,23). The van der Waals surface area contributed by atoms with Gasteiger partial charge in [0.15, 0.2) is 22.4 Å². The minimum Gasteiger partial charge on any atom is -0.493 e. The van der Waals surface area contributed by atoms with Crippen molar-refractivity contribution in [3.63, 3.8) is 0 Å². The molecule has 0 aliphatic rings. The van der Waals surface area contributed by atoms with E-state index in [1.807, 2.05) is 18.2 Å². The van der Waals surface area contributed by atoms with E-state index in [0.29, 0.717) is 16.6 Å². The molecule has 3 aromatic rings. The number of amides is 1. The maximum absolute atomic E-state index is 12.1. The number of nitrogens with one attached hydrogen (secondary N) is 1. The summed E-state index contributed by atoms with van der Waals surface area (Å²) < 4.78 is 11.5. The van der Waals surface area contributed by atoms with Gasteiger partial charge in [-0.1, -0.05) is 65.1 Å². The largest absolute Gasteiger partial charge is 0.493 e. The van der Waals surface area contributed by atoms with Crippen molar-refractivity contribution in [3.8, 4) is 11.5 Å². The van der Waals surface area contributed by atoms with E-state index in [1.54, 1.807) is 31.0 Å². The summed E-state index contributed by atoms with van der Waals surface area (Å²) in [4.78, 5) is 12.1. The van der Waals surface area contributed by atoms with Crippen LogP contribution in [0.1, 0.15) is 11.1 Å². The van der Waals surface area contributed by atoms with E-state index in [9.17, 15) is 4.79 Å². The Bertz CT molecular complexity index is 914. The first kappa shape index (κ1) is 19.2. The van der Waals surface area contributed by atoms with E-state index in [4.69, 9.17) is 9.47 Å². The van der Waals surface area contributed by atoms with E-state index >= 15 is 0 Å². The number of carbonyl (C=O) groups is 1. The Kier molecular flexibility index (Phi) is 6.67. The minimum atomic E-state index is -0.299. The number of hydrogen-bond acceptors (Lipinski definition) is 7. The molecule has 1 N–H and O–H groups in total. The van der Waals surface area contributed by atoms with Gasteiger partial charge in [0.25, 0.3) is 5.91 Å². The second-order valence-corrected chi connectivity index (χ2v) is 7.84. The third-order valence-electron chi connectivity index (χ3n) is 3.53. The molecule has 3 rings (SSSR count). The SMILES string of the molecule is COc1ccccc1OCC(=O)Nc1nnc(SCc2cccc(C)c2)s1. The van der Waals surface area contributed by atoms with Gasteiger partial charge in [-0.25, -0.2) is 0 Å². The molecule has 0 saturated heterocycles. The van der Waals surface area contributed by atoms with Crippen LogP contribution in [0.25, 0.3) is 0 Å². The molecule has 0 fully saturated rings. The van der Waals surface area contributed by atoms with Crippen LogP contribution < -0.4 is 14.8 Å². The Morgan fingerprint density at radius 1 is 1.15 bits per heavy atom. The number of aryl methyl sites for hydroxylation is 1. The zero-order chi connectivity index (χ0) is 19.1. The van der Waals surface area contributed by atoms with Crippen LogP contribution in [0.3, 0.4) is 0 Å². The number of para-hydroxylation sites is 2. The summed E-state index contributed by atoms with van der Waals surface area (Å²) in [6.07, 6.45) is 0. The van der Waals surface area contributed by atoms with Gasteiger partial charge in [0.2, 0.25) is 5.13 Å². The molecular formula is C19H19N3O3S2. The average molecular weight is 402 g/mol. The topological polar surface area (TPSA) is 73.3 Å². The van der Waals surface area contributed by atoms with E-state index in [2.05, 4.69) is 40.6 Å². The molecule has 0 radical (unpaired) electrons. The van der Waals surface area contributed by atoms with Crippen LogP contribution in [-0.4, -0.2) is 29.8 Å². The molecule has 2 aromatic carbocycles. The first-order valence-corrected chi connectivity index (χ1v) is 10.0. The lowest BCUT2D eigenvalue weighted by Gasteiger charge is -2.09. The summed E-state index contributed by atoms with van der Waals surface area (Å²) in [5.74, 6) is 1.60. The number of anilines is 1. The molecule has 1 amide bonds. The van der Waals surface area contributed by atoms with Crippen LogP contribution in [0, 0.1) is 6.92 Å². The van der Waals surface area contributed by atoms with Gasteiger partial charge < -0.3 is 9.47 Å². The number of aromatic nitrogens is 2. The zero-order valence-corrected chi connectivity index (χ0v) is 16.6. The molecule has 0 atom stereocenters. The molecular weight excluding hydrogens is 382 g/mol. The number of hydrogen-bond donors (Lipinski definition) is 1. The highest BCUT2D eigenvalue weighted by Crippen LogP contribution is 2.29. The van der Waals surface area contributed by atoms with Gasteiger partial charge in [-0.05, 0) is 24.6 Å². The minimum absolute atomic E-state index is 0.133. The number of benzene rings is 2. The van der Waals surface area contributed by atoms with E-state index in [1.165, 1.54) is 22.5 Å². The van der Waals surface area contributed by atoms with Crippen LogP contribution in [0.15, 0.2) is 52.9 Å². The predicted octanol–water partition coefficient (Wildman–Crippen LogP) is 4.16. The summed E-state index contributed by atoms with van der Waals surface area (Å²) in [5, 5.41) is 11.3. The molecule has 1 heterocycles. The van der Waals surface area contributed by atoms with Crippen molar-refractivity contribution < 1.29 is 14.3 Å². The summed E-state index contributed by atoms with van der Waals surface area (Å²) in [6, 6.07) is 15.5. The van der Waals surface area contributed by atoms with Crippen molar-refractivity contribution in [1.29, 1.82) is 0 Å². The lowest BCUT2D eigenvalue weighted by Crippen LogP contribution is -2.20. The molecule has 0 saturated carbocycles. The summed E-state index contributed by atoms with van der Waals surface area (Å²) in [7, 11) is 1.56. The third kappa shape index (κ3) is 5.70. The quantitative estimate of drug-likeness (QED) is 0.451. The second kappa shape index (κ2) is 9.38. The molecule has 1 aromatic heterocycles. The highest BCUT2D eigenvalue weighted by molar-refractivity contribution is 8.00. The molecule has 6 nitrogen and oxygen atoms in total. The molecule has 8 heteroatoms. The maximum atomic E-state index is 12.1. The van der Waals surface area contributed by atoms with Crippen LogP contribution in [-0.2, 0) is 10.5 Å². The molecule has 0 aliphatic carbocycles. The second-order valence-electron chi connectivity index (χ2n) is 5.64. The van der Waals surface area contributed by atoms with Crippen LogP contribution in [0.2, 0.25) is 0 Å². The van der Waals surface area contributed by atoms with Gasteiger partial charge in [0.1, 0.15) is 0 Å². The molecule has 0 bridgehead atoms. The van der Waals surface area contributed by atoms with Crippen LogP contribution in [0.4, 0.5) is 5.13 Å². The smallest absolute Gasteiger partial charge is 0.264 e. The first-order chi connectivity index (χ1) is 13.1. The number of nitrogens with zero attached hydrogens (tertiary/aromatic N) is 2. The normalized spacial score (nSPS) is 10.4. The Morgan fingerprint density at radius 3 is 2.74 bits per heavy atom. The predicted molar refractivity (Wildman–Crippen MR) is 108 cm³/mol. The van der Waals surface area contributed by atoms with Crippen LogP contribution >= 0.6 is 23.1 Å². The fourth-order valence-electron chi connectivity index (χ4n) is 2.30. The first-order valence-electron chi connectivity index (χ1n) is 8.21. The Labute approximate surface area is 165 Å². The number of methoxy groups -OCH3 is 1. The maximum Gasteiger partial charge on any atom is 0.264 e. The number of rotatable bonds is 8. The van der Waals surface area contributed by atoms with Gasteiger partial charge in [0.05, 0.1) is 7.11 Å². The van der Waals surface area contributed by atoms with Gasteiger partial charge in [-0.3, -0.25) is 10.1 Å². The van der Waals surface area contributed by atoms with E-state index < -0.39 is 0 Å². The van der Waals surface area contributed by atoms with Crippen molar-refractivity contribution in [3.05, 3.63) is 59.7 Å². The summed E-state index contributed by atoms with van der Waals surface area (Å²) in [6.45, 7) is 1.94. The fourth-order valence-corrected chi connectivity index (χ4v) is 4.01. The zero-order valence-electron chi connectivity index (χ0n) is 15.0. The summed E-state index contributed by atoms with van der Waals surface area (Å²) >= 11 is 2.93. The fraction of sp³-hybridized carbons (Fsp3) is 0.211. The van der Waals surface area contributed by atoms with Crippen molar-refractivity contribution in [1.82, 2.24) is 10.2 Å². The number of ether oxygens (including phenoxy) is 2. The van der Waals surface area contributed by atoms with Gasteiger partial charge >= 0.3 is 0 Å². The monoisotopic (exact) mass is 401 g/mol. The lowest BCUT2D eigenvalue weighted by molar-refractivity contribution is -0.118. The Balaban J connectivity index is 1.49. The van der Waals surface area contributed by atoms with Crippen molar-refractivity contribution in [2.24, 2.45) is 0 Å². The molecule has 27 heavy (non-hydrogen) atoms. The molecule has 0 spiro atoms. The Hall–Kier alpha value is -2.58. The average Bonchev–Trinajstić information content (AvgIpc) is 3.12. The van der Waals surface area contributed by atoms with Crippen LogP contribution in [0.5, 0.6) is 11.5 Å². The van der Waals surface area contributed by atoms with Crippen molar-refractivity contribution in [2.45, 2.75) is 17.0 Å². The van der Waals surface area contributed by atoms with Gasteiger partial charge in [-0.2, -0.15) is 0 Å². The highest BCUT2D eigenvalue weighted by Gasteiger charge is 2.11. The van der Waals surface area contributed by atoms with Gasteiger partial charge in [-0.15, -0.1) is 10.2 Å². The number of thioether (sulfide) groups is 1. The molecule has 0 unspecified atom stereocenters. The van der Waals surface area contributed by atoms with Crippen molar-refractivity contribution in [2.75, 3.05) is 19.0 Å². The molecule has 140 valence electrons. The van der Waals surface area contributed by atoms with E-state index in [0.717, 1.165) is 10.1 Å². The third-order valence-corrected chi connectivity index (χ3v) is 5.57. The highest BCUT2D eigenvalue weighted by atomic mass is 32.2. The number of carbonyl (C=O) groups excluding carboxylic acids is 1. The lowest BCUT2D eigenvalue weighted by atomic mass is 10.2. The summed E-state index contributed by atoms with van der Waals surface area (Å²) in [5.41, 5.74) is 2.46. The molecule has 0 aliphatic heterocycles. The van der Waals surface area contributed by atoms with E-state index in [-0.39, 0.29) is 12.5 Å².